The number of aromatic nitrogens is 1. The van der Waals surface area contributed by atoms with E-state index in [1.54, 1.807) is 11.5 Å². The van der Waals surface area contributed by atoms with E-state index in [-0.39, 0.29) is 39.7 Å². The topological polar surface area (TPSA) is 158 Å². The van der Waals surface area contributed by atoms with E-state index in [2.05, 4.69) is 4.99 Å². The second-order valence-corrected chi connectivity index (χ2v) is 13.0. The minimum absolute atomic E-state index is 0.0100. The highest BCUT2D eigenvalue weighted by Crippen LogP contribution is 2.22. The van der Waals surface area contributed by atoms with E-state index < -0.39 is 31.9 Å². The Morgan fingerprint density at radius 1 is 1.05 bits per heavy atom. The summed E-state index contributed by atoms with van der Waals surface area (Å²) in [5.74, 6) is -1.06. The Bertz CT molecular complexity index is 1610. The van der Waals surface area contributed by atoms with Crippen molar-refractivity contribution in [2.24, 2.45) is 10.1 Å². The number of unbranched alkanes of at least 4 members (excludes halogenated alkanes) is 1. The molecule has 1 aromatic heterocycles. The van der Waals surface area contributed by atoms with E-state index in [1.165, 1.54) is 53.8 Å². The molecule has 206 valence electrons. The molecule has 14 heteroatoms. The maximum absolute atomic E-state index is 13.0. The number of sulfonamides is 2. The molecule has 11 nitrogen and oxygen atoms in total. The lowest BCUT2D eigenvalue weighted by Crippen LogP contribution is -2.27. The number of ether oxygens (including phenoxy) is 1. The van der Waals surface area contributed by atoms with Gasteiger partial charge >= 0.3 is 5.97 Å². The molecular weight excluding hydrogens is 552 g/mol. The Labute approximate surface area is 225 Å². The number of fused-ring (bicyclic) bond motifs is 1. The third-order valence-electron chi connectivity index (χ3n) is 5.66. The number of nitrogens with two attached hydrogens (primary N) is 1. The molecule has 0 fully saturated rings. The summed E-state index contributed by atoms with van der Waals surface area (Å²) in [5, 5.41) is 5.25. The predicted octanol–water partition coefficient (Wildman–Crippen LogP) is 2.47. The SMILES string of the molecule is CCCCN(C)S(=O)(=O)c1ccc(C(=O)N=c2sc3cc(S(N)(=O)=O)ccc3n2CCC(=O)OCC)cc1. The summed E-state index contributed by atoms with van der Waals surface area (Å²) in [5.41, 5.74) is 0.731. The van der Waals surface area contributed by atoms with Crippen LogP contribution in [0, 0.1) is 0 Å². The first kappa shape index (κ1) is 29.6. The second kappa shape index (κ2) is 12.3. The molecule has 0 spiro atoms. The Hall–Kier alpha value is -2.91. The Kier molecular flexibility index (Phi) is 9.59. The fourth-order valence-corrected chi connectivity index (χ4v) is 6.49. The van der Waals surface area contributed by atoms with Crippen LogP contribution in [-0.2, 0) is 36.1 Å². The van der Waals surface area contributed by atoms with Crippen molar-refractivity contribution in [3.8, 4) is 0 Å². The normalized spacial score (nSPS) is 12.8. The molecule has 0 saturated carbocycles. The molecule has 2 aromatic carbocycles. The first-order valence-electron chi connectivity index (χ1n) is 11.9. The van der Waals surface area contributed by atoms with E-state index >= 15 is 0 Å². The number of esters is 1. The Morgan fingerprint density at radius 2 is 1.71 bits per heavy atom. The molecule has 3 aromatic rings. The number of thiazole rings is 1. The van der Waals surface area contributed by atoms with Gasteiger partial charge in [-0.25, -0.2) is 26.3 Å². The zero-order chi connectivity index (χ0) is 28.1. The lowest BCUT2D eigenvalue weighted by Gasteiger charge is -2.16. The molecule has 1 amide bonds. The molecule has 0 aliphatic rings. The molecule has 0 aliphatic carbocycles. The first-order chi connectivity index (χ1) is 17.9. The van der Waals surface area contributed by atoms with E-state index in [0.717, 1.165) is 24.2 Å². The number of primary sulfonamides is 1. The zero-order valence-electron chi connectivity index (χ0n) is 21.3. The summed E-state index contributed by atoms with van der Waals surface area (Å²) in [7, 11) is -6.13. The van der Waals surface area contributed by atoms with E-state index in [9.17, 15) is 26.4 Å². The molecule has 1 heterocycles. The molecule has 0 radical (unpaired) electrons. The summed E-state index contributed by atoms with van der Waals surface area (Å²) in [4.78, 5) is 29.4. The van der Waals surface area contributed by atoms with Gasteiger partial charge < -0.3 is 9.30 Å². The molecule has 3 rings (SSSR count). The molecule has 0 unspecified atom stereocenters. The van der Waals surface area contributed by atoms with Crippen LogP contribution in [0.2, 0.25) is 0 Å². The van der Waals surface area contributed by atoms with Gasteiger partial charge in [-0.15, -0.1) is 0 Å². The molecule has 0 aliphatic heterocycles. The number of benzene rings is 2. The third-order valence-corrected chi connectivity index (χ3v) is 9.48. The van der Waals surface area contributed by atoms with Gasteiger partial charge in [0, 0.05) is 25.7 Å². The van der Waals surface area contributed by atoms with Gasteiger partial charge in [-0.05, 0) is 55.8 Å². The van der Waals surface area contributed by atoms with Crippen molar-refractivity contribution in [1.82, 2.24) is 8.87 Å². The molecule has 38 heavy (non-hydrogen) atoms. The highest BCUT2D eigenvalue weighted by atomic mass is 32.2. The van der Waals surface area contributed by atoms with Crippen molar-refractivity contribution in [3.63, 3.8) is 0 Å². The average Bonchev–Trinajstić information content (AvgIpc) is 3.21. The number of amides is 1. The standard InChI is InChI=1S/C24H30N4O7S3/c1-4-6-14-27(3)38(33,34)18-9-7-17(8-10-18)23(30)26-24-28(15-13-22(29)35-5-2)20-12-11-19(37(25,31)32)16-21(20)36-24/h7-12,16H,4-6,13-15H2,1-3H3,(H2,25,31,32). The number of carbonyl (C=O) groups is 2. The fourth-order valence-electron chi connectivity index (χ4n) is 3.57. The number of aryl methyl sites for hydroxylation is 1. The first-order valence-corrected chi connectivity index (χ1v) is 15.7. The third kappa shape index (κ3) is 6.94. The largest absolute Gasteiger partial charge is 0.466 e. The summed E-state index contributed by atoms with van der Waals surface area (Å²) in [6.07, 6.45) is 1.60. The highest BCUT2D eigenvalue weighted by molar-refractivity contribution is 7.89. The zero-order valence-corrected chi connectivity index (χ0v) is 23.7. The quantitative estimate of drug-likeness (QED) is 0.340. The van der Waals surface area contributed by atoms with E-state index in [0.29, 0.717) is 16.8 Å². The number of hydrogen-bond acceptors (Lipinski definition) is 8. The van der Waals surface area contributed by atoms with Crippen molar-refractivity contribution in [2.45, 2.75) is 49.4 Å². The van der Waals surface area contributed by atoms with Crippen LogP contribution < -0.4 is 9.94 Å². The number of nitrogens with zero attached hydrogens (tertiary/aromatic N) is 3. The van der Waals surface area contributed by atoms with Gasteiger partial charge in [0.2, 0.25) is 20.0 Å². The Balaban J connectivity index is 1.99. The fraction of sp³-hybridized carbons (Fsp3) is 0.375. The summed E-state index contributed by atoms with van der Waals surface area (Å²) < 4.78 is 57.5. The smallest absolute Gasteiger partial charge is 0.307 e. The van der Waals surface area contributed by atoms with Gasteiger partial charge in [0.25, 0.3) is 5.91 Å². The van der Waals surface area contributed by atoms with Crippen LogP contribution >= 0.6 is 11.3 Å². The summed E-state index contributed by atoms with van der Waals surface area (Å²) in [6, 6.07) is 9.76. The van der Waals surface area contributed by atoms with Crippen LogP contribution in [0.1, 0.15) is 43.5 Å². The molecule has 0 bridgehead atoms. The van der Waals surface area contributed by atoms with Crippen LogP contribution in [-0.4, -0.2) is 57.8 Å². The monoisotopic (exact) mass is 582 g/mol. The highest BCUT2D eigenvalue weighted by Gasteiger charge is 2.21. The lowest BCUT2D eigenvalue weighted by atomic mass is 10.2. The van der Waals surface area contributed by atoms with Crippen molar-refractivity contribution >= 4 is 53.5 Å². The number of carbonyl (C=O) groups excluding carboxylic acids is 2. The van der Waals surface area contributed by atoms with Gasteiger partial charge in [-0.2, -0.15) is 4.99 Å². The van der Waals surface area contributed by atoms with Gasteiger partial charge in [-0.1, -0.05) is 24.7 Å². The number of rotatable bonds is 11. The minimum atomic E-state index is -3.95. The number of hydrogen-bond donors (Lipinski definition) is 1. The maximum atomic E-state index is 13.0. The van der Waals surface area contributed by atoms with Crippen LogP contribution in [0.25, 0.3) is 10.2 Å². The van der Waals surface area contributed by atoms with Crippen molar-refractivity contribution in [1.29, 1.82) is 0 Å². The van der Waals surface area contributed by atoms with Gasteiger partial charge in [0.05, 0.1) is 33.0 Å². The maximum Gasteiger partial charge on any atom is 0.307 e. The second-order valence-electron chi connectivity index (χ2n) is 8.39. The van der Waals surface area contributed by atoms with E-state index in [1.807, 2.05) is 6.92 Å². The molecule has 2 N–H and O–H groups in total. The summed E-state index contributed by atoms with van der Waals surface area (Å²) in [6.45, 7) is 4.42. The van der Waals surface area contributed by atoms with Crippen molar-refractivity contribution in [2.75, 3.05) is 20.2 Å². The van der Waals surface area contributed by atoms with Crippen LogP contribution in [0.15, 0.2) is 57.2 Å². The molecule has 0 atom stereocenters. The van der Waals surface area contributed by atoms with Gasteiger partial charge in [0.15, 0.2) is 4.80 Å². The van der Waals surface area contributed by atoms with Crippen LogP contribution in [0.4, 0.5) is 0 Å². The minimum Gasteiger partial charge on any atom is -0.466 e. The van der Waals surface area contributed by atoms with E-state index in [4.69, 9.17) is 9.88 Å². The van der Waals surface area contributed by atoms with Crippen LogP contribution in [0.5, 0.6) is 0 Å². The molecular formula is C24H30N4O7S3. The summed E-state index contributed by atoms with van der Waals surface area (Å²) >= 11 is 1.06. The molecule has 0 saturated heterocycles. The van der Waals surface area contributed by atoms with Crippen molar-refractivity contribution in [3.05, 3.63) is 52.8 Å². The van der Waals surface area contributed by atoms with Crippen molar-refractivity contribution < 1.29 is 31.2 Å². The van der Waals surface area contributed by atoms with Crippen LogP contribution in [0.3, 0.4) is 0 Å². The Morgan fingerprint density at radius 3 is 2.32 bits per heavy atom. The van der Waals surface area contributed by atoms with Gasteiger partial charge in [0.1, 0.15) is 0 Å². The van der Waals surface area contributed by atoms with Gasteiger partial charge in [-0.3, -0.25) is 9.59 Å². The average molecular weight is 583 g/mol. The predicted molar refractivity (Wildman–Crippen MR) is 143 cm³/mol. The lowest BCUT2D eigenvalue weighted by molar-refractivity contribution is -0.143.